The first-order valence-electron chi connectivity index (χ1n) is 11.5. The summed E-state index contributed by atoms with van der Waals surface area (Å²) in [6, 6.07) is 41.5. The second-order valence-electron chi connectivity index (χ2n) is 8.40. The number of thiophene rings is 1. The minimum absolute atomic E-state index is 0.133. The van der Waals surface area contributed by atoms with Gasteiger partial charge in [-0.2, -0.15) is 0 Å². The Bertz CT molecular complexity index is 1640. The molecule has 0 saturated carbocycles. The lowest BCUT2D eigenvalue weighted by Crippen LogP contribution is -2.07. The van der Waals surface area contributed by atoms with Crippen molar-refractivity contribution in [3.8, 4) is 27.6 Å². The molecule has 5 aromatic rings. The molecular formula is C32H19N3S. The molecule has 36 heavy (non-hydrogen) atoms. The Kier molecular flexibility index (Phi) is 5.43. The van der Waals surface area contributed by atoms with Gasteiger partial charge in [-0.25, -0.2) is 10.1 Å². The number of para-hydroxylation sites is 2. The highest BCUT2D eigenvalue weighted by molar-refractivity contribution is 7.19. The fraction of sp³-hybridized carbons (Fsp3) is 0. The summed E-state index contributed by atoms with van der Waals surface area (Å²) in [6.45, 7) is 7.51. The van der Waals surface area contributed by atoms with Crippen molar-refractivity contribution in [3.63, 3.8) is 0 Å². The summed E-state index contributed by atoms with van der Waals surface area (Å²) in [5.74, 6) is 0. The maximum Gasteiger partial charge on any atom is 0.270 e. The van der Waals surface area contributed by atoms with Crippen molar-refractivity contribution in [1.82, 2.24) is 0 Å². The van der Waals surface area contributed by atoms with Gasteiger partial charge in [0.05, 0.1) is 12.6 Å². The molecule has 1 aliphatic carbocycles. The smallest absolute Gasteiger partial charge is 0.270 e. The molecule has 1 aliphatic rings. The summed E-state index contributed by atoms with van der Waals surface area (Å²) in [6.07, 6.45) is 0. The molecule has 0 atom stereocenters. The lowest BCUT2D eigenvalue weighted by atomic mass is 10.0. The molecule has 3 nitrogen and oxygen atoms in total. The molecular weight excluding hydrogens is 458 g/mol. The zero-order chi connectivity index (χ0) is 24.5. The molecule has 0 bridgehead atoms. The first kappa shape index (κ1) is 21.6. The topological polar surface area (TPSA) is 31.4 Å². The quantitative estimate of drug-likeness (QED) is 0.187. The van der Waals surface area contributed by atoms with Gasteiger partial charge in [0, 0.05) is 21.8 Å². The molecule has 0 radical (unpaired) electrons. The number of nitriles is 1. The van der Waals surface area contributed by atoms with Crippen molar-refractivity contribution in [2.24, 2.45) is 0 Å². The Hall–Kier alpha value is -4.90. The highest BCUT2D eigenvalue weighted by Gasteiger charge is 2.26. The highest BCUT2D eigenvalue weighted by atomic mass is 32.1. The van der Waals surface area contributed by atoms with E-state index in [1.54, 1.807) is 11.3 Å². The standard InChI is InChI=1S/C32H19N3S/c1-34-29(21-33)32-26-15-9-8-14-25(26)28-20-22(16-17-27(28)32)30-18-19-31(36-30)35(23-10-4-2-5-11-23)24-12-6-3-7-13-24/h2-20H/b32-29-. The van der Waals surface area contributed by atoms with E-state index in [0.717, 1.165) is 54.6 Å². The van der Waals surface area contributed by atoms with Gasteiger partial charge in [0.2, 0.25) is 0 Å². The second kappa shape index (κ2) is 9.04. The number of anilines is 3. The lowest BCUT2D eigenvalue weighted by Gasteiger charge is -2.23. The number of benzene rings is 4. The van der Waals surface area contributed by atoms with Crippen LogP contribution in [-0.4, -0.2) is 0 Å². The van der Waals surface area contributed by atoms with E-state index in [2.05, 4.69) is 94.7 Å². The fourth-order valence-corrected chi connectivity index (χ4v) is 5.82. The van der Waals surface area contributed by atoms with Crippen LogP contribution in [0.4, 0.5) is 16.4 Å². The Balaban J connectivity index is 1.46. The number of hydrogen-bond acceptors (Lipinski definition) is 3. The molecule has 0 amide bonds. The zero-order valence-corrected chi connectivity index (χ0v) is 20.0. The zero-order valence-electron chi connectivity index (χ0n) is 19.2. The fourth-order valence-electron chi connectivity index (χ4n) is 4.77. The van der Waals surface area contributed by atoms with E-state index < -0.39 is 0 Å². The van der Waals surface area contributed by atoms with E-state index in [1.807, 2.05) is 36.4 Å². The van der Waals surface area contributed by atoms with Crippen molar-refractivity contribution in [3.05, 3.63) is 144 Å². The average molecular weight is 478 g/mol. The summed E-state index contributed by atoms with van der Waals surface area (Å²) in [7, 11) is 0. The van der Waals surface area contributed by atoms with Crippen molar-refractivity contribution in [1.29, 1.82) is 5.26 Å². The predicted octanol–water partition coefficient (Wildman–Crippen LogP) is 9.07. The number of fused-ring (bicyclic) bond motifs is 3. The second-order valence-corrected chi connectivity index (χ2v) is 9.46. The van der Waals surface area contributed by atoms with Crippen LogP contribution in [-0.2, 0) is 0 Å². The minimum Gasteiger partial charge on any atom is -0.302 e. The van der Waals surface area contributed by atoms with Gasteiger partial charge in [0.15, 0.2) is 0 Å². The van der Waals surface area contributed by atoms with Crippen LogP contribution >= 0.6 is 11.3 Å². The third-order valence-corrected chi connectivity index (χ3v) is 7.47. The van der Waals surface area contributed by atoms with Crippen LogP contribution in [0, 0.1) is 17.9 Å². The Morgan fingerprint density at radius 3 is 1.94 bits per heavy atom. The van der Waals surface area contributed by atoms with Crippen molar-refractivity contribution < 1.29 is 0 Å². The first-order valence-corrected chi connectivity index (χ1v) is 12.4. The Morgan fingerprint density at radius 1 is 0.694 bits per heavy atom. The predicted molar refractivity (Wildman–Crippen MR) is 148 cm³/mol. The van der Waals surface area contributed by atoms with Gasteiger partial charge in [-0.1, -0.05) is 72.8 Å². The van der Waals surface area contributed by atoms with Crippen LogP contribution < -0.4 is 4.90 Å². The molecule has 4 aromatic carbocycles. The van der Waals surface area contributed by atoms with E-state index >= 15 is 0 Å². The van der Waals surface area contributed by atoms with Gasteiger partial charge in [-0.3, -0.25) is 0 Å². The van der Waals surface area contributed by atoms with E-state index in [1.165, 1.54) is 0 Å². The van der Waals surface area contributed by atoms with E-state index in [-0.39, 0.29) is 5.70 Å². The van der Waals surface area contributed by atoms with Gasteiger partial charge in [0.1, 0.15) is 5.00 Å². The van der Waals surface area contributed by atoms with Crippen LogP contribution in [0.5, 0.6) is 0 Å². The molecule has 1 aromatic heterocycles. The van der Waals surface area contributed by atoms with E-state index in [4.69, 9.17) is 6.57 Å². The van der Waals surface area contributed by atoms with Gasteiger partial charge < -0.3 is 4.90 Å². The maximum absolute atomic E-state index is 9.59. The molecule has 4 heteroatoms. The Morgan fingerprint density at radius 2 is 1.31 bits per heavy atom. The number of nitrogens with zero attached hydrogens (tertiary/aromatic N) is 3. The van der Waals surface area contributed by atoms with Crippen LogP contribution in [0.15, 0.2) is 121 Å². The molecule has 0 fully saturated rings. The molecule has 1 heterocycles. The average Bonchev–Trinajstić information content (AvgIpc) is 3.54. The molecule has 168 valence electrons. The van der Waals surface area contributed by atoms with Gasteiger partial charge in [-0.15, -0.1) is 11.3 Å². The number of allylic oxidation sites excluding steroid dienone is 1. The number of hydrogen-bond donors (Lipinski definition) is 0. The number of rotatable bonds is 4. The summed E-state index contributed by atoms with van der Waals surface area (Å²) in [5.41, 5.74) is 8.21. The summed E-state index contributed by atoms with van der Waals surface area (Å²) in [5, 5.41) is 10.7. The van der Waals surface area contributed by atoms with Gasteiger partial charge in [-0.05, 0) is 70.3 Å². The van der Waals surface area contributed by atoms with Crippen molar-refractivity contribution in [2.45, 2.75) is 0 Å². The van der Waals surface area contributed by atoms with Crippen LogP contribution in [0.25, 0.3) is 32.0 Å². The normalized spacial score (nSPS) is 12.7. The molecule has 6 rings (SSSR count). The van der Waals surface area contributed by atoms with Crippen LogP contribution in [0.3, 0.4) is 0 Å². The third-order valence-electron chi connectivity index (χ3n) is 6.36. The third kappa shape index (κ3) is 3.58. The van der Waals surface area contributed by atoms with E-state index in [0.29, 0.717) is 0 Å². The van der Waals surface area contributed by atoms with E-state index in [9.17, 15) is 5.26 Å². The van der Waals surface area contributed by atoms with Gasteiger partial charge in [0.25, 0.3) is 5.70 Å². The van der Waals surface area contributed by atoms with Crippen LogP contribution in [0.2, 0.25) is 0 Å². The Labute approximate surface area is 214 Å². The highest BCUT2D eigenvalue weighted by Crippen LogP contribution is 2.48. The summed E-state index contributed by atoms with van der Waals surface area (Å²) >= 11 is 1.74. The monoisotopic (exact) mass is 477 g/mol. The SMILES string of the molecule is [C-]#[N+]/C(C#N)=C1/c2ccccc2-c2cc(-c3ccc(N(c4ccccc4)c4ccccc4)s3)ccc21. The van der Waals surface area contributed by atoms with Crippen LogP contribution in [0.1, 0.15) is 11.1 Å². The molecule has 0 aliphatic heterocycles. The van der Waals surface area contributed by atoms with Gasteiger partial charge >= 0.3 is 0 Å². The molecule has 0 unspecified atom stereocenters. The maximum atomic E-state index is 9.59. The molecule has 0 N–H and O–H groups in total. The van der Waals surface area contributed by atoms with Crippen molar-refractivity contribution in [2.75, 3.05) is 4.90 Å². The lowest BCUT2D eigenvalue weighted by molar-refractivity contribution is 1.32. The first-order chi connectivity index (χ1) is 17.8. The molecule has 0 saturated heterocycles. The largest absolute Gasteiger partial charge is 0.302 e. The minimum atomic E-state index is 0.133. The summed E-state index contributed by atoms with van der Waals surface area (Å²) in [4.78, 5) is 6.94. The summed E-state index contributed by atoms with van der Waals surface area (Å²) < 4.78 is 0. The molecule has 0 spiro atoms. The van der Waals surface area contributed by atoms with Crippen molar-refractivity contribution >= 4 is 33.3 Å².